The average Bonchev–Trinajstić information content (AvgIpc) is 3.32. The Morgan fingerprint density at radius 2 is 1.71 bits per heavy atom. The smallest absolute Gasteiger partial charge is 0.0925 e. The third-order valence-corrected chi connectivity index (χ3v) is 8.74. The van der Waals surface area contributed by atoms with Crippen LogP contribution in [0.1, 0.15) is 82.9 Å². The lowest BCUT2D eigenvalue weighted by Crippen LogP contribution is -2.37. The van der Waals surface area contributed by atoms with Crippen molar-refractivity contribution in [1.82, 2.24) is 4.90 Å². The average molecular weight is 423 g/mol. The number of nitrogens with zero attached hydrogens (tertiary/aromatic N) is 2. The molecule has 2 aliphatic heterocycles. The first-order valence-corrected chi connectivity index (χ1v) is 12.5. The summed E-state index contributed by atoms with van der Waals surface area (Å²) in [5, 5.41) is 0. The fourth-order valence-corrected chi connectivity index (χ4v) is 6.14. The fourth-order valence-electron chi connectivity index (χ4n) is 6.14. The lowest BCUT2D eigenvalue weighted by molar-refractivity contribution is 0.197. The summed E-state index contributed by atoms with van der Waals surface area (Å²) in [6, 6.07) is 7.12. The molecular weight excluding hydrogens is 383 g/mol. The van der Waals surface area contributed by atoms with Gasteiger partial charge in [0.15, 0.2) is 0 Å². The van der Waals surface area contributed by atoms with Gasteiger partial charge in [0.1, 0.15) is 0 Å². The molecule has 1 aromatic carbocycles. The monoisotopic (exact) mass is 422 g/mol. The summed E-state index contributed by atoms with van der Waals surface area (Å²) in [4.78, 5) is 7.71. The van der Waals surface area contributed by atoms with Crippen molar-refractivity contribution in [3.05, 3.63) is 41.0 Å². The molecule has 2 heterocycles. The van der Waals surface area contributed by atoms with Crippen LogP contribution in [0.15, 0.2) is 29.3 Å². The molecule has 0 spiro atoms. The van der Waals surface area contributed by atoms with Crippen LogP contribution in [0.25, 0.3) is 5.70 Å². The summed E-state index contributed by atoms with van der Waals surface area (Å²) in [5.74, 6) is 1.60. The van der Waals surface area contributed by atoms with Crippen LogP contribution in [-0.4, -0.2) is 36.9 Å². The molecule has 2 unspecified atom stereocenters. The normalized spacial score (nSPS) is 30.0. The van der Waals surface area contributed by atoms with Crippen LogP contribution in [0, 0.1) is 17.8 Å². The summed E-state index contributed by atoms with van der Waals surface area (Å²) >= 11 is 0. The third-order valence-electron chi connectivity index (χ3n) is 8.74. The van der Waals surface area contributed by atoms with Crippen molar-refractivity contribution in [2.45, 2.75) is 77.0 Å². The van der Waals surface area contributed by atoms with E-state index in [4.69, 9.17) is 4.99 Å². The maximum atomic E-state index is 12.8. The molecule has 5 rings (SSSR count). The second-order valence-electron chi connectivity index (χ2n) is 11.9. The summed E-state index contributed by atoms with van der Waals surface area (Å²) in [7, 11) is 0. The number of fused-ring (bicyclic) bond motifs is 1. The standard InChI is InChI=1S/C28H39FN2/c1-27(2)11-12-28(3,4)24-16-20(5-6-23(24)27)26-8-7-25(30-26)19-9-13-31(14-10-19)18-22-15-21(22)17-29/h5-6,8,16,19,21-22H,7,9-15,17-18H2,1-4H3. The van der Waals surface area contributed by atoms with Crippen LogP contribution in [0.2, 0.25) is 0 Å². The summed E-state index contributed by atoms with van der Waals surface area (Å²) in [5.41, 5.74) is 7.41. The first-order chi connectivity index (χ1) is 14.8. The van der Waals surface area contributed by atoms with Crippen LogP contribution in [0.5, 0.6) is 0 Å². The first-order valence-electron chi connectivity index (χ1n) is 12.5. The summed E-state index contributed by atoms with van der Waals surface area (Å²) in [6.45, 7) is 12.9. The molecule has 0 radical (unpaired) electrons. The third kappa shape index (κ3) is 4.15. The van der Waals surface area contributed by atoms with Crippen molar-refractivity contribution in [3.8, 4) is 0 Å². The van der Waals surface area contributed by atoms with Gasteiger partial charge in [-0.15, -0.1) is 0 Å². The van der Waals surface area contributed by atoms with Crippen molar-refractivity contribution < 1.29 is 4.39 Å². The number of aliphatic imine (C=N–C) groups is 1. The second kappa shape index (κ2) is 7.83. The Morgan fingerprint density at radius 3 is 2.39 bits per heavy atom. The Bertz CT molecular complexity index is 902. The van der Waals surface area contributed by atoms with E-state index in [-0.39, 0.29) is 17.5 Å². The summed E-state index contributed by atoms with van der Waals surface area (Å²) < 4.78 is 12.8. The van der Waals surface area contributed by atoms with Gasteiger partial charge in [0.05, 0.1) is 12.4 Å². The quantitative estimate of drug-likeness (QED) is 0.526. The number of alkyl halides is 1. The van der Waals surface area contributed by atoms with E-state index in [2.05, 4.69) is 56.9 Å². The van der Waals surface area contributed by atoms with Gasteiger partial charge in [-0.25, -0.2) is 0 Å². The topological polar surface area (TPSA) is 15.6 Å². The number of rotatable bonds is 5. The van der Waals surface area contributed by atoms with E-state index in [0.717, 1.165) is 32.5 Å². The zero-order valence-corrected chi connectivity index (χ0v) is 19.9. The van der Waals surface area contributed by atoms with Crippen LogP contribution in [-0.2, 0) is 10.8 Å². The van der Waals surface area contributed by atoms with Crippen LogP contribution >= 0.6 is 0 Å². The van der Waals surface area contributed by atoms with Gasteiger partial charge in [0.2, 0.25) is 0 Å². The Balaban J connectivity index is 1.26. The van der Waals surface area contributed by atoms with Crippen molar-refractivity contribution >= 4 is 11.4 Å². The number of benzene rings is 1. The summed E-state index contributed by atoms with van der Waals surface area (Å²) in [6.07, 6.45) is 9.38. The molecule has 4 aliphatic rings. The molecule has 0 amide bonds. The minimum Gasteiger partial charge on any atom is -0.303 e. The first kappa shape index (κ1) is 21.4. The van der Waals surface area contributed by atoms with E-state index in [1.807, 2.05) is 0 Å². The number of allylic oxidation sites excluding steroid dienone is 1. The van der Waals surface area contributed by atoms with Gasteiger partial charge < -0.3 is 4.90 Å². The SMILES string of the molecule is CC1(C)CCC(C)(C)c2cc(C3=CCC(C4CCN(CC5CC5CF)CC4)=N3)ccc21. The molecular formula is C28H39FN2. The van der Waals surface area contributed by atoms with Crippen molar-refractivity contribution in [1.29, 1.82) is 0 Å². The van der Waals surface area contributed by atoms with E-state index in [1.54, 1.807) is 0 Å². The lowest BCUT2D eigenvalue weighted by atomic mass is 9.63. The molecule has 31 heavy (non-hydrogen) atoms. The van der Waals surface area contributed by atoms with Crippen molar-refractivity contribution in [2.24, 2.45) is 22.7 Å². The highest BCUT2D eigenvalue weighted by atomic mass is 19.1. The Labute approximate surface area is 188 Å². The van der Waals surface area contributed by atoms with Crippen LogP contribution < -0.4 is 0 Å². The molecule has 2 fully saturated rings. The van der Waals surface area contributed by atoms with Crippen LogP contribution in [0.3, 0.4) is 0 Å². The number of halogens is 1. The van der Waals surface area contributed by atoms with Gasteiger partial charge in [-0.2, -0.15) is 0 Å². The number of piperidine rings is 1. The molecule has 2 nitrogen and oxygen atoms in total. The van der Waals surface area contributed by atoms with E-state index < -0.39 is 0 Å². The zero-order chi connectivity index (χ0) is 21.8. The molecule has 0 aromatic heterocycles. The molecule has 2 atom stereocenters. The number of likely N-dealkylation sites (tertiary alicyclic amines) is 1. The Hall–Kier alpha value is -1.48. The van der Waals surface area contributed by atoms with Gasteiger partial charge in [-0.1, -0.05) is 45.9 Å². The molecule has 3 heteroatoms. The van der Waals surface area contributed by atoms with Gasteiger partial charge in [0.25, 0.3) is 0 Å². The van der Waals surface area contributed by atoms with Gasteiger partial charge in [-0.3, -0.25) is 9.38 Å². The largest absolute Gasteiger partial charge is 0.303 e. The van der Waals surface area contributed by atoms with Crippen molar-refractivity contribution in [2.75, 3.05) is 26.3 Å². The maximum Gasteiger partial charge on any atom is 0.0925 e. The van der Waals surface area contributed by atoms with Gasteiger partial charge in [-0.05, 0) is 85.1 Å². The highest BCUT2D eigenvalue weighted by Gasteiger charge is 2.39. The zero-order valence-electron chi connectivity index (χ0n) is 19.9. The molecule has 1 aromatic rings. The highest BCUT2D eigenvalue weighted by Crippen LogP contribution is 2.46. The Morgan fingerprint density at radius 1 is 1.00 bits per heavy atom. The van der Waals surface area contributed by atoms with Gasteiger partial charge in [0, 0.05) is 30.2 Å². The number of hydrogen-bond donors (Lipinski definition) is 0. The maximum absolute atomic E-state index is 12.8. The van der Waals surface area contributed by atoms with Crippen LogP contribution in [0.4, 0.5) is 4.39 Å². The Kier molecular flexibility index (Phi) is 5.40. The molecule has 0 N–H and O–H groups in total. The molecule has 0 bridgehead atoms. The minimum absolute atomic E-state index is 0.121. The highest BCUT2D eigenvalue weighted by molar-refractivity contribution is 5.97. The van der Waals surface area contributed by atoms with E-state index in [9.17, 15) is 4.39 Å². The fraction of sp³-hybridized carbons (Fsp3) is 0.679. The van der Waals surface area contributed by atoms with E-state index in [1.165, 1.54) is 53.8 Å². The molecule has 2 aliphatic carbocycles. The molecule has 1 saturated carbocycles. The second-order valence-corrected chi connectivity index (χ2v) is 11.9. The molecule has 1 saturated heterocycles. The lowest BCUT2D eigenvalue weighted by Gasteiger charge is -2.42. The van der Waals surface area contributed by atoms with E-state index >= 15 is 0 Å². The van der Waals surface area contributed by atoms with Gasteiger partial charge >= 0.3 is 0 Å². The minimum atomic E-state index is -0.121. The number of hydrogen-bond acceptors (Lipinski definition) is 2. The predicted molar refractivity (Wildman–Crippen MR) is 128 cm³/mol. The predicted octanol–water partition coefficient (Wildman–Crippen LogP) is 6.54. The van der Waals surface area contributed by atoms with Crippen molar-refractivity contribution in [3.63, 3.8) is 0 Å². The molecule has 168 valence electrons. The van der Waals surface area contributed by atoms with E-state index in [0.29, 0.717) is 17.8 Å².